The third-order valence-electron chi connectivity index (χ3n) is 2.89. The molecule has 116 valence electrons. The number of aromatic nitrogens is 3. The Hall–Kier alpha value is -3.55. The van der Waals surface area contributed by atoms with E-state index < -0.39 is 5.78 Å². The maximum atomic E-state index is 11.8. The lowest BCUT2D eigenvalue weighted by Gasteiger charge is -2.01. The predicted octanol–water partition coefficient (Wildman–Crippen LogP) is 2.55. The van der Waals surface area contributed by atoms with Crippen molar-refractivity contribution in [2.75, 3.05) is 5.73 Å². The summed E-state index contributed by atoms with van der Waals surface area (Å²) in [6.07, 6.45) is 3.49. The minimum Gasteiger partial charge on any atom is -0.507 e. The number of nitrogens with zero attached hydrogens (tertiary/aromatic N) is 2. The average molecular weight is 312 g/mol. The number of carbonyl (C=O) groups is 1. The van der Waals surface area contributed by atoms with Gasteiger partial charge in [-0.3, -0.25) is 9.89 Å². The van der Waals surface area contributed by atoms with Crippen molar-refractivity contribution >= 4 is 17.2 Å². The van der Waals surface area contributed by atoms with E-state index in [4.69, 9.17) is 14.9 Å². The molecule has 0 aliphatic carbocycles. The second-order valence-electron chi connectivity index (χ2n) is 4.55. The summed E-state index contributed by atoms with van der Waals surface area (Å²) >= 11 is 0. The van der Waals surface area contributed by atoms with Gasteiger partial charge in [0.05, 0.1) is 5.56 Å². The summed E-state index contributed by atoms with van der Waals surface area (Å²) in [5, 5.41) is 15.9. The molecule has 0 aliphatic heterocycles. The molecule has 0 fully saturated rings. The molecule has 0 bridgehead atoms. The molecule has 3 aromatic rings. The van der Waals surface area contributed by atoms with E-state index in [1.165, 1.54) is 18.7 Å². The molecule has 8 heteroatoms. The second-order valence-corrected chi connectivity index (χ2v) is 4.55. The van der Waals surface area contributed by atoms with Crippen molar-refractivity contribution in [3.63, 3.8) is 0 Å². The van der Waals surface area contributed by atoms with Crippen molar-refractivity contribution in [1.29, 1.82) is 0 Å². The summed E-state index contributed by atoms with van der Waals surface area (Å²) in [6.45, 7) is 0. The smallest absolute Gasteiger partial charge is 0.290 e. The highest BCUT2D eigenvalue weighted by Gasteiger charge is 2.12. The Labute approximate surface area is 130 Å². The van der Waals surface area contributed by atoms with Crippen molar-refractivity contribution in [1.82, 2.24) is 15.2 Å². The molecule has 8 nitrogen and oxygen atoms in total. The topological polar surface area (TPSA) is 127 Å². The van der Waals surface area contributed by atoms with E-state index in [2.05, 4.69) is 15.2 Å². The van der Waals surface area contributed by atoms with Crippen LogP contribution in [0.25, 0.3) is 5.76 Å². The highest BCUT2D eigenvalue weighted by molar-refractivity contribution is 6.05. The van der Waals surface area contributed by atoms with Crippen molar-refractivity contribution in [3.05, 3.63) is 60.4 Å². The molecule has 0 saturated carbocycles. The Balaban J connectivity index is 1.73. The maximum absolute atomic E-state index is 11.8. The molecule has 23 heavy (non-hydrogen) atoms. The summed E-state index contributed by atoms with van der Waals surface area (Å²) in [7, 11) is 0. The minimum atomic E-state index is -0.512. The molecule has 1 aromatic carbocycles. The number of nitrogens with one attached hydrogen (secondary N) is 1. The number of benzene rings is 1. The molecule has 4 N–H and O–H groups in total. The van der Waals surface area contributed by atoms with Gasteiger partial charge in [0.15, 0.2) is 5.82 Å². The van der Waals surface area contributed by atoms with Gasteiger partial charge in [0.25, 0.3) is 5.95 Å². The van der Waals surface area contributed by atoms with E-state index >= 15 is 0 Å². The molecule has 0 spiro atoms. The van der Waals surface area contributed by atoms with E-state index in [1.807, 2.05) is 0 Å². The number of hydrogen-bond acceptors (Lipinski definition) is 7. The van der Waals surface area contributed by atoms with E-state index in [0.29, 0.717) is 17.0 Å². The van der Waals surface area contributed by atoms with Gasteiger partial charge in [0.2, 0.25) is 5.78 Å². The predicted molar refractivity (Wildman–Crippen MR) is 81.0 cm³/mol. The van der Waals surface area contributed by atoms with E-state index in [9.17, 15) is 9.90 Å². The van der Waals surface area contributed by atoms with Crippen LogP contribution >= 0.6 is 0 Å². The molecule has 2 heterocycles. The van der Waals surface area contributed by atoms with Gasteiger partial charge in [0, 0.05) is 17.8 Å². The number of furan rings is 1. The molecule has 0 atom stereocenters. The van der Waals surface area contributed by atoms with Crippen molar-refractivity contribution in [3.8, 4) is 11.7 Å². The third kappa shape index (κ3) is 3.38. The Bertz CT molecular complexity index is 835. The molecule has 0 aliphatic rings. The molecule has 2 aromatic heterocycles. The molecular formula is C15H12N4O4. The lowest BCUT2D eigenvalue weighted by molar-refractivity contribution is 0.103. The number of carbonyl (C=O) groups excluding carboxylic acids is 1. The first-order valence-corrected chi connectivity index (χ1v) is 6.54. The van der Waals surface area contributed by atoms with Crippen LogP contribution in [0, 0.1) is 0 Å². The summed E-state index contributed by atoms with van der Waals surface area (Å²) in [5.74, 6) is -0.0685. The van der Waals surface area contributed by atoms with Crippen LogP contribution < -0.4 is 10.5 Å². The molecule has 0 radical (unpaired) electrons. The number of ketones is 1. The van der Waals surface area contributed by atoms with Crippen LogP contribution in [-0.2, 0) is 0 Å². The molecular weight excluding hydrogens is 300 g/mol. The Morgan fingerprint density at radius 3 is 2.83 bits per heavy atom. The van der Waals surface area contributed by atoms with Gasteiger partial charge in [-0.2, -0.15) is 5.10 Å². The number of aromatic amines is 1. The average Bonchev–Trinajstić information content (AvgIpc) is 3.21. The van der Waals surface area contributed by atoms with Crippen LogP contribution in [0.2, 0.25) is 0 Å². The fourth-order valence-electron chi connectivity index (χ4n) is 1.76. The van der Waals surface area contributed by atoms with Gasteiger partial charge in [-0.15, -0.1) is 0 Å². The fourth-order valence-corrected chi connectivity index (χ4v) is 1.76. The monoisotopic (exact) mass is 312 g/mol. The van der Waals surface area contributed by atoms with Gasteiger partial charge in [-0.05, 0) is 24.3 Å². The summed E-state index contributed by atoms with van der Waals surface area (Å²) in [5.41, 5.74) is 6.50. The van der Waals surface area contributed by atoms with Crippen LogP contribution in [0.4, 0.5) is 5.69 Å². The zero-order valence-electron chi connectivity index (χ0n) is 11.8. The molecule has 0 amide bonds. The standard InChI is InChI=1S/C15H12N4O4/c16-10-1-3-11(4-2-10)23-14-5-9(7-22-14)12(20)6-13(21)15-17-8-18-19-15/h1-8,20H,16H2,(H,17,18,19). The normalized spacial score (nSPS) is 11.4. The summed E-state index contributed by atoms with van der Waals surface area (Å²) < 4.78 is 10.7. The lowest BCUT2D eigenvalue weighted by atomic mass is 10.2. The number of rotatable bonds is 5. The molecule has 3 rings (SSSR count). The zero-order valence-corrected chi connectivity index (χ0v) is 11.8. The highest BCUT2D eigenvalue weighted by Crippen LogP contribution is 2.26. The van der Waals surface area contributed by atoms with Crippen LogP contribution in [0.3, 0.4) is 0 Å². The summed E-state index contributed by atoms with van der Waals surface area (Å²) in [6, 6.07) is 8.19. The van der Waals surface area contributed by atoms with Crippen LogP contribution in [-0.4, -0.2) is 26.1 Å². The number of ether oxygens (including phenoxy) is 1. The van der Waals surface area contributed by atoms with Crippen LogP contribution in [0.1, 0.15) is 16.2 Å². The quantitative estimate of drug-likeness (QED) is 0.286. The SMILES string of the molecule is Nc1ccc(Oc2cc(C(O)=CC(=O)c3ncn[nH]3)co2)cc1. The number of aliphatic hydroxyl groups is 1. The van der Waals surface area contributed by atoms with Crippen molar-refractivity contribution < 1.29 is 19.1 Å². The molecule has 0 unspecified atom stereocenters. The lowest BCUT2D eigenvalue weighted by Crippen LogP contribution is -1.98. The van der Waals surface area contributed by atoms with Gasteiger partial charge < -0.3 is 20.0 Å². The number of nitrogens with two attached hydrogens (primary N) is 1. The van der Waals surface area contributed by atoms with Gasteiger partial charge >= 0.3 is 0 Å². The summed E-state index contributed by atoms with van der Waals surface area (Å²) in [4.78, 5) is 15.5. The van der Waals surface area contributed by atoms with E-state index in [0.717, 1.165) is 6.08 Å². The largest absolute Gasteiger partial charge is 0.507 e. The number of H-pyrrole nitrogens is 1. The highest BCUT2D eigenvalue weighted by atomic mass is 16.6. The van der Waals surface area contributed by atoms with E-state index in [1.54, 1.807) is 24.3 Å². The minimum absolute atomic E-state index is 0.0263. The van der Waals surface area contributed by atoms with Gasteiger partial charge in [-0.1, -0.05) is 0 Å². The Kier molecular flexibility index (Phi) is 3.79. The molecule has 0 saturated heterocycles. The van der Waals surface area contributed by atoms with Crippen LogP contribution in [0.5, 0.6) is 11.7 Å². The first kappa shape index (κ1) is 14.4. The van der Waals surface area contributed by atoms with E-state index in [-0.39, 0.29) is 17.5 Å². The number of anilines is 1. The first-order valence-electron chi connectivity index (χ1n) is 6.54. The number of nitrogen functional groups attached to an aromatic ring is 1. The number of aliphatic hydroxyl groups excluding tert-OH is 1. The zero-order chi connectivity index (χ0) is 16.2. The van der Waals surface area contributed by atoms with Gasteiger partial charge in [0.1, 0.15) is 24.1 Å². The Morgan fingerprint density at radius 1 is 1.35 bits per heavy atom. The number of allylic oxidation sites excluding steroid dienone is 1. The van der Waals surface area contributed by atoms with Crippen molar-refractivity contribution in [2.45, 2.75) is 0 Å². The maximum Gasteiger partial charge on any atom is 0.290 e. The number of hydrogen-bond donors (Lipinski definition) is 3. The first-order chi connectivity index (χ1) is 11.1. The third-order valence-corrected chi connectivity index (χ3v) is 2.89. The van der Waals surface area contributed by atoms with Crippen molar-refractivity contribution in [2.24, 2.45) is 0 Å². The second kappa shape index (κ2) is 6.06. The van der Waals surface area contributed by atoms with Crippen LogP contribution in [0.15, 0.2) is 53.4 Å². The Morgan fingerprint density at radius 2 is 2.13 bits per heavy atom. The fraction of sp³-hybridized carbons (Fsp3) is 0. The van der Waals surface area contributed by atoms with Gasteiger partial charge in [-0.25, -0.2) is 4.98 Å².